The molecule has 1 saturated heterocycles. The molecule has 8 nitrogen and oxygen atoms in total. The summed E-state index contributed by atoms with van der Waals surface area (Å²) in [5.74, 6) is 0.220. The minimum absolute atomic E-state index is 0.0176. The van der Waals surface area contributed by atoms with E-state index in [1.807, 2.05) is 6.92 Å². The van der Waals surface area contributed by atoms with Crippen LogP contribution >= 0.6 is 8.25 Å². The number of nitrogens with zero attached hydrogens (tertiary/aromatic N) is 2. The quantitative estimate of drug-likeness (QED) is 0.771. The Morgan fingerprint density at radius 1 is 1.74 bits per heavy atom. The van der Waals surface area contributed by atoms with Gasteiger partial charge in [0.1, 0.15) is 18.7 Å². The number of rotatable bonds is 4. The van der Waals surface area contributed by atoms with E-state index in [1.165, 1.54) is 16.8 Å². The second kappa shape index (κ2) is 5.75. The van der Waals surface area contributed by atoms with Crippen molar-refractivity contribution in [2.45, 2.75) is 25.7 Å². The van der Waals surface area contributed by atoms with E-state index in [4.69, 9.17) is 15.4 Å². The van der Waals surface area contributed by atoms with Crippen molar-refractivity contribution in [3.05, 3.63) is 22.7 Å². The molecule has 1 aliphatic rings. The average molecular weight is 288 g/mol. The molecule has 3 N–H and O–H groups in total. The highest BCUT2D eigenvalue weighted by Gasteiger charge is 2.35. The average Bonchev–Trinajstić information content (AvgIpc) is 2.68. The van der Waals surface area contributed by atoms with Crippen molar-refractivity contribution in [2.24, 2.45) is 5.92 Å². The maximum atomic E-state index is 11.7. The topological polar surface area (TPSA) is 117 Å². The van der Waals surface area contributed by atoms with Gasteiger partial charge in [0, 0.05) is 16.7 Å². The Labute approximate surface area is 110 Å². The molecular weight excluding hydrogens is 273 g/mol. The lowest BCUT2D eigenvalue weighted by Gasteiger charge is -2.17. The molecule has 0 spiro atoms. The van der Waals surface area contributed by atoms with Gasteiger partial charge >= 0.3 is 13.9 Å². The third kappa shape index (κ3) is 3.36. The largest absolute Gasteiger partial charge is 0.694 e. The number of hydrogen-bond donors (Lipinski definition) is 2. The summed E-state index contributed by atoms with van der Waals surface area (Å²) in [4.78, 5) is 23.9. The first-order valence-corrected chi connectivity index (χ1v) is 6.89. The molecule has 0 aromatic carbocycles. The summed E-state index contributed by atoms with van der Waals surface area (Å²) >= 11 is 0. The van der Waals surface area contributed by atoms with Gasteiger partial charge in [0.05, 0.1) is 6.10 Å². The van der Waals surface area contributed by atoms with Crippen LogP contribution in [0, 0.1) is 5.92 Å². The Kier molecular flexibility index (Phi) is 4.26. The maximum Gasteiger partial charge on any atom is 0.694 e. The number of hydrogen-bond acceptors (Lipinski definition) is 6. The van der Waals surface area contributed by atoms with Crippen LogP contribution in [-0.2, 0) is 13.8 Å². The van der Waals surface area contributed by atoms with E-state index in [0.29, 0.717) is 6.42 Å². The predicted molar refractivity (Wildman–Crippen MR) is 66.4 cm³/mol. The monoisotopic (exact) mass is 288 g/mol. The van der Waals surface area contributed by atoms with Crippen LogP contribution in [0.5, 0.6) is 0 Å². The van der Waals surface area contributed by atoms with Crippen LogP contribution in [0.25, 0.3) is 0 Å². The molecule has 0 radical (unpaired) electrons. The van der Waals surface area contributed by atoms with Gasteiger partial charge in [0.2, 0.25) is 0 Å². The summed E-state index contributed by atoms with van der Waals surface area (Å²) in [5.41, 5.74) is 4.94. The zero-order valence-electron chi connectivity index (χ0n) is 10.3. The molecule has 1 aromatic rings. The van der Waals surface area contributed by atoms with Gasteiger partial charge in [-0.3, -0.25) is 4.57 Å². The number of ether oxygens (including phenoxy) is 1. The second-order valence-corrected chi connectivity index (χ2v) is 5.17. The smallest absolute Gasteiger partial charge is 0.383 e. The molecule has 2 heterocycles. The molecule has 0 aliphatic carbocycles. The molecule has 1 fully saturated rings. The summed E-state index contributed by atoms with van der Waals surface area (Å²) in [7, 11) is -2.64. The molecule has 19 heavy (non-hydrogen) atoms. The van der Waals surface area contributed by atoms with E-state index < -0.39 is 20.2 Å². The standard InChI is InChI=1S/C10H14N3O5P/c1-6-4-7(5-17-19(15)16)18-9(6)13-3-2-8(11)12-10(13)14/h2-3,6-7,9H,4-5H2,1H3,(H2-,11,12,14,15,16)/p+1. The van der Waals surface area contributed by atoms with Gasteiger partial charge in [0.25, 0.3) is 0 Å². The minimum atomic E-state index is -2.64. The van der Waals surface area contributed by atoms with E-state index >= 15 is 0 Å². The van der Waals surface area contributed by atoms with Gasteiger partial charge in [0.15, 0.2) is 0 Å². The molecule has 0 saturated carbocycles. The summed E-state index contributed by atoms with van der Waals surface area (Å²) in [6.07, 6.45) is 1.37. The van der Waals surface area contributed by atoms with E-state index in [2.05, 4.69) is 9.51 Å². The Hall–Kier alpha value is -1.34. The zero-order valence-corrected chi connectivity index (χ0v) is 11.2. The lowest BCUT2D eigenvalue weighted by Crippen LogP contribution is -2.29. The number of nitrogen functional groups attached to an aromatic ring is 1. The van der Waals surface area contributed by atoms with Crippen molar-refractivity contribution in [1.82, 2.24) is 9.55 Å². The third-order valence-corrected chi connectivity index (χ3v) is 3.32. The lowest BCUT2D eigenvalue weighted by atomic mass is 10.1. The zero-order chi connectivity index (χ0) is 14.0. The summed E-state index contributed by atoms with van der Waals surface area (Å²) in [6.45, 7) is 1.94. The van der Waals surface area contributed by atoms with Crippen LogP contribution in [0.2, 0.25) is 0 Å². The first-order chi connectivity index (χ1) is 8.97. The molecule has 1 aromatic heterocycles. The molecule has 2 rings (SSSR count). The van der Waals surface area contributed by atoms with Crippen molar-refractivity contribution >= 4 is 14.1 Å². The molecular formula is C10H15N3O5P+. The van der Waals surface area contributed by atoms with Crippen LogP contribution in [0.4, 0.5) is 5.82 Å². The number of aromatic nitrogens is 2. The summed E-state index contributed by atoms with van der Waals surface area (Å²) < 4.78 is 22.1. The third-order valence-electron chi connectivity index (χ3n) is 2.95. The van der Waals surface area contributed by atoms with Crippen molar-refractivity contribution in [3.8, 4) is 0 Å². The van der Waals surface area contributed by atoms with Crippen molar-refractivity contribution in [3.63, 3.8) is 0 Å². The maximum absolute atomic E-state index is 11.7. The second-order valence-electron chi connectivity index (χ2n) is 4.44. The summed E-state index contributed by atoms with van der Waals surface area (Å²) in [6, 6.07) is 1.52. The van der Waals surface area contributed by atoms with E-state index in [1.54, 1.807) is 0 Å². The molecule has 4 unspecified atom stereocenters. The highest BCUT2D eigenvalue weighted by Crippen LogP contribution is 2.34. The predicted octanol–water partition coefficient (Wildman–Crippen LogP) is 0.415. The fourth-order valence-electron chi connectivity index (χ4n) is 2.13. The number of nitrogens with two attached hydrogens (primary N) is 1. The number of anilines is 1. The molecule has 4 atom stereocenters. The van der Waals surface area contributed by atoms with Crippen molar-refractivity contribution in [2.75, 3.05) is 12.3 Å². The van der Waals surface area contributed by atoms with Gasteiger partial charge in [-0.15, -0.1) is 9.42 Å². The fourth-order valence-corrected chi connectivity index (χ4v) is 2.43. The molecule has 104 valence electrons. The van der Waals surface area contributed by atoms with E-state index in [9.17, 15) is 9.36 Å². The van der Waals surface area contributed by atoms with Crippen molar-refractivity contribution in [1.29, 1.82) is 0 Å². The van der Waals surface area contributed by atoms with Crippen LogP contribution in [-0.4, -0.2) is 27.2 Å². The van der Waals surface area contributed by atoms with Gasteiger partial charge in [-0.05, 0) is 12.5 Å². The first kappa shape index (κ1) is 14.1. The van der Waals surface area contributed by atoms with Crippen LogP contribution in [0.1, 0.15) is 19.6 Å². The molecule has 9 heteroatoms. The first-order valence-electron chi connectivity index (χ1n) is 5.76. The highest BCUT2D eigenvalue weighted by molar-refractivity contribution is 7.32. The summed E-state index contributed by atoms with van der Waals surface area (Å²) in [5, 5.41) is 0. The van der Waals surface area contributed by atoms with Gasteiger partial charge in [-0.1, -0.05) is 6.92 Å². The van der Waals surface area contributed by atoms with Gasteiger partial charge in [-0.25, -0.2) is 4.79 Å². The SMILES string of the molecule is CC1CC(CO[P+](=O)O)OC1n1ccc(N)nc1=O. The van der Waals surface area contributed by atoms with Crippen LogP contribution in [0.3, 0.4) is 0 Å². The van der Waals surface area contributed by atoms with Crippen LogP contribution in [0.15, 0.2) is 17.1 Å². The molecule has 0 amide bonds. The van der Waals surface area contributed by atoms with Crippen LogP contribution < -0.4 is 11.4 Å². The fraction of sp³-hybridized carbons (Fsp3) is 0.600. The highest BCUT2D eigenvalue weighted by atomic mass is 31.1. The Bertz CT molecular complexity index is 534. The van der Waals surface area contributed by atoms with Gasteiger partial charge in [-0.2, -0.15) is 4.98 Å². The molecule has 1 aliphatic heterocycles. The lowest BCUT2D eigenvalue weighted by molar-refractivity contribution is -0.0297. The van der Waals surface area contributed by atoms with Gasteiger partial charge < -0.3 is 10.5 Å². The normalized spacial score (nSPS) is 27.5. The Balaban J connectivity index is 2.09. The van der Waals surface area contributed by atoms with E-state index in [0.717, 1.165) is 0 Å². The molecule has 0 bridgehead atoms. The van der Waals surface area contributed by atoms with Crippen molar-refractivity contribution < 1.29 is 18.7 Å². The van der Waals surface area contributed by atoms with E-state index in [-0.39, 0.29) is 24.4 Å². The Morgan fingerprint density at radius 3 is 3.11 bits per heavy atom. The minimum Gasteiger partial charge on any atom is -0.383 e. The Morgan fingerprint density at radius 2 is 2.47 bits per heavy atom.